The minimum Gasteiger partial charge on any atom is -0.369 e. The van der Waals surface area contributed by atoms with Gasteiger partial charge >= 0.3 is 0 Å². The first-order valence-corrected chi connectivity index (χ1v) is 10.0. The van der Waals surface area contributed by atoms with Crippen molar-refractivity contribution in [3.8, 4) is 0 Å². The van der Waals surface area contributed by atoms with E-state index in [1.165, 1.54) is 4.31 Å². The highest BCUT2D eigenvalue weighted by Crippen LogP contribution is 2.64. The maximum absolute atomic E-state index is 12.9. The van der Waals surface area contributed by atoms with Gasteiger partial charge in [-0.1, -0.05) is 13.8 Å². The Hall–Kier alpha value is -0.950. The summed E-state index contributed by atoms with van der Waals surface area (Å²) in [5, 5.41) is 0. The van der Waals surface area contributed by atoms with Crippen LogP contribution in [0.25, 0.3) is 0 Å². The fourth-order valence-corrected chi connectivity index (χ4v) is 7.18. The lowest BCUT2D eigenvalue weighted by atomic mass is 9.70. The smallest absolute Gasteiger partial charge is 0.220 e. The zero-order valence-electron chi connectivity index (χ0n) is 13.9. The van der Waals surface area contributed by atoms with Gasteiger partial charge in [-0.3, -0.25) is 9.59 Å². The number of hydrogen-bond donors (Lipinski definition) is 1. The highest BCUT2D eigenvalue weighted by molar-refractivity contribution is 7.89. The normalized spacial score (nSPS) is 34.9. The minimum absolute atomic E-state index is 0.0798. The van der Waals surface area contributed by atoms with E-state index in [1.807, 2.05) is 13.8 Å². The van der Waals surface area contributed by atoms with Crippen molar-refractivity contribution in [1.82, 2.24) is 4.31 Å². The number of carbonyl (C=O) groups excluding carboxylic acids is 2. The van der Waals surface area contributed by atoms with Gasteiger partial charge in [0, 0.05) is 30.8 Å². The molecule has 2 atom stereocenters. The molecular formula is C16H26N2O4S. The summed E-state index contributed by atoms with van der Waals surface area (Å²) in [6.45, 7) is 4.74. The van der Waals surface area contributed by atoms with Crippen LogP contribution in [0, 0.1) is 22.7 Å². The number of carbonyl (C=O) groups is 2. The molecule has 0 spiro atoms. The minimum atomic E-state index is -3.50. The molecule has 1 heterocycles. The van der Waals surface area contributed by atoms with Crippen LogP contribution in [0.15, 0.2) is 0 Å². The molecule has 2 aliphatic carbocycles. The quantitative estimate of drug-likeness (QED) is 0.821. The highest BCUT2D eigenvalue weighted by Gasteiger charge is 2.65. The molecule has 0 unspecified atom stereocenters. The van der Waals surface area contributed by atoms with Gasteiger partial charge < -0.3 is 5.73 Å². The molecule has 1 aliphatic heterocycles. The van der Waals surface area contributed by atoms with E-state index in [0.29, 0.717) is 44.7 Å². The molecule has 6 nitrogen and oxygen atoms in total. The number of amides is 1. The number of hydrogen-bond acceptors (Lipinski definition) is 4. The predicted octanol–water partition coefficient (Wildman–Crippen LogP) is 0.909. The van der Waals surface area contributed by atoms with Crippen LogP contribution in [-0.2, 0) is 19.6 Å². The van der Waals surface area contributed by atoms with Crippen LogP contribution in [0.3, 0.4) is 0 Å². The van der Waals surface area contributed by atoms with E-state index in [0.717, 1.165) is 6.42 Å². The van der Waals surface area contributed by atoms with Crippen molar-refractivity contribution in [3.63, 3.8) is 0 Å². The molecule has 2 bridgehead atoms. The van der Waals surface area contributed by atoms with Gasteiger partial charge in [0.05, 0.1) is 5.75 Å². The summed E-state index contributed by atoms with van der Waals surface area (Å²) < 4.78 is 27.2. The van der Waals surface area contributed by atoms with Crippen molar-refractivity contribution in [2.24, 2.45) is 28.4 Å². The fraction of sp³-hybridized carbons (Fsp3) is 0.875. The van der Waals surface area contributed by atoms with Crippen molar-refractivity contribution in [1.29, 1.82) is 0 Å². The van der Waals surface area contributed by atoms with Crippen LogP contribution in [0.5, 0.6) is 0 Å². The van der Waals surface area contributed by atoms with Crippen LogP contribution in [0.4, 0.5) is 0 Å². The zero-order chi connectivity index (χ0) is 17.0. The fourth-order valence-electron chi connectivity index (χ4n) is 4.93. The summed E-state index contributed by atoms with van der Waals surface area (Å²) in [5.74, 6) is -0.240. The summed E-state index contributed by atoms with van der Waals surface area (Å²) in [7, 11) is -3.50. The largest absolute Gasteiger partial charge is 0.369 e. The lowest BCUT2D eigenvalue weighted by molar-refractivity contribution is -0.128. The standard InChI is InChI=1S/C16H26N2O4S/c1-15(2)12-3-6-16(15,13(19)9-12)10-23(21,22)18-7-4-11(5-8-18)14(17)20/h11-12H,3-10H2,1-2H3,(H2,17,20)/t12-,16+/m0/s1. The molecule has 3 rings (SSSR count). The number of fused-ring (bicyclic) bond motifs is 2. The molecule has 130 valence electrons. The molecule has 2 saturated carbocycles. The Morgan fingerprint density at radius 3 is 2.30 bits per heavy atom. The molecular weight excluding hydrogens is 316 g/mol. The molecule has 0 aromatic rings. The van der Waals surface area contributed by atoms with Crippen molar-refractivity contribution in [2.45, 2.75) is 46.0 Å². The van der Waals surface area contributed by atoms with Crippen molar-refractivity contribution < 1.29 is 18.0 Å². The van der Waals surface area contributed by atoms with E-state index in [1.54, 1.807) is 0 Å². The molecule has 3 aliphatic rings. The van der Waals surface area contributed by atoms with E-state index in [-0.39, 0.29) is 28.8 Å². The summed E-state index contributed by atoms with van der Waals surface area (Å²) >= 11 is 0. The summed E-state index contributed by atoms with van der Waals surface area (Å²) in [4.78, 5) is 23.8. The number of piperidine rings is 1. The Kier molecular flexibility index (Phi) is 3.87. The number of ketones is 1. The molecule has 1 amide bonds. The monoisotopic (exact) mass is 342 g/mol. The average molecular weight is 342 g/mol. The Bertz CT molecular complexity index is 634. The summed E-state index contributed by atoms with van der Waals surface area (Å²) in [5.41, 5.74) is 4.33. The number of nitrogens with two attached hydrogens (primary N) is 1. The van der Waals surface area contributed by atoms with Crippen molar-refractivity contribution in [3.05, 3.63) is 0 Å². The zero-order valence-corrected chi connectivity index (χ0v) is 14.7. The summed E-state index contributed by atoms with van der Waals surface area (Å²) in [6.07, 6.45) is 3.09. The van der Waals surface area contributed by atoms with Gasteiger partial charge in [-0.2, -0.15) is 0 Å². The second-order valence-corrected chi connectivity index (χ2v) is 9.97. The second kappa shape index (κ2) is 5.28. The van der Waals surface area contributed by atoms with Gasteiger partial charge in [-0.25, -0.2) is 12.7 Å². The highest BCUT2D eigenvalue weighted by atomic mass is 32.2. The molecule has 0 aromatic carbocycles. The van der Waals surface area contributed by atoms with Crippen LogP contribution >= 0.6 is 0 Å². The molecule has 0 aromatic heterocycles. The second-order valence-electron chi connectivity index (χ2n) is 8.00. The first kappa shape index (κ1) is 16.9. The average Bonchev–Trinajstić information content (AvgIpc) is 2.81. The van der Waals surface area contributed by atoms with Gasteiger partial charge in [0.15, 0.2) is 0 Å². The molecule has 0 radical (unpaired) electrons. The Balaban J connectivity index is 1.77. The maximum Gasteiger partial charge on any atom is 0.220 e. The Labute approximate surface area is 137 Å². The third-order valence-electron chi connectivity index (χ3n) is 6.82. The van der Waals surface area contributed by atoms with Crippen LogP contribution in [0.2, 0.25) is 0 Å². The third kappa shape index (κ3) is 2.43. The Morgan fingerprint density at radius 2 is 1.87 bits per heavy atom. The van der Waals surface area contributed by atoms with Gasteiger partial charge in [-0.05, 0) is 37.0 Å². The molecule has 2 N–H and O–H groups in total. The van der Waals surface area contributed by atoms with E-state index in [9.17, 15) is 18.0 Å². The van der Waals surface area contributed by atoms with E-state index in [2.05, 4.69) is 0 Å². The maximum atomic E-state index is 12.9. The molecule has 3 fully saturated rings. The number of nitrogens with zero attached hydrogens (tertiary/aromatic N) is 1. The van der Waals surface area contributed by atoms with Crippen LogP contribution in [-0.4, -0.2) is 43.3 Å². The molecule has 23 heavy (non-hydrogen) atoms. The number of Topliss-reactive ketones (excluding diaryl/α,β-unsaturated/α-hetero) is 1. The van der Waals surface area contributed by atoms with E-state index in [4.69, 9.17) is 5.73 Å². The van der Waals surface area contributed by atoms with Gasteiger partial charge in [0.2, 0.25) is 15.9 Å². The van der Waals surface area contributed by atoms with E-state index < -0.39 is 15.4 Å². The van der Waals surface area contributed by atoms with Gasteiger partial charge in [0.1, 0.15) is 5.78 Å². The first-order valence-electron chi connectivity index (χ1n) is 8.40. The van der Waals surface area contributed by atoms with Crippen molar-refractivity contribution in [2.75, 3.05) is 18.8 Å². The van der Waals surface area contributed by atoms with E-state index >= 15 is 0 Å². The SMILES string of the molecule is CC1(C)[C@H]2CC[C@@]1(CS(=O)(=O)N1CCC(C(N)=O)CC1)C(=O)C2. The lowest BCUT2D eigenvalue weighted by Gasteiger charge is -2.38. The number of rotatable bonds is 4. The van der Waals surface area contributed by atoms with Crippen molar-refractivity contribution >= 4 is 21.7 Å². The topological polar surface area (TPSA) is 97.5 Å². The van der Waals surface area contributed by atoms with Crippen LogP contribution in [0.1, 0.15) is 46.0 Å². The van der Waals surface area contributed by atoms with Gasteiger partial charge in [-0.15, -0.1) is 0 Å². The molecule has 7 heteroatoms. The predicted molar refractivity (Wildman–Crippen MR) is 85.8 cm³/mol. The number of primary amides is 1. The lowest BCUT2D eigenvalue weighted by Crippen LogP contribution is -2.49. The third-order valence-corrected chi connectivity index (χ3v) is 8.83. The molecule has 1 saturated heterocycles. The Morgan fingerprint density at radius 1 is 1.26 bits per heavy atom. The first-order chi connectivity index (χ1) is 10.6. The summed E-state index contributed by atoms with van der Waals surface area (Å²) in [6, 6.07) is 0. The van der Waals surface area contributed by atoms with Gasteiger partial charge in [0.25, 0.3) is 0 Å². The van der Waals surface area contributed by atoms with Crippen LogP contribution < -0.4 is 5.73 Å². The number of sulfonamides is 1.